The summed E-state index contributed by atoms with van der Waals surface area (Å²) in [5, 5.41) is 0. The van der Waals surface area contributed by atoms with Crippen molar-refractivity contribution in [3.8, 4) is 5.75 Å². The van der Waals surface area contributed by atoms with Gasteiger partial charge in [-0.05, 0) is 43.9 Å². The smallest absolute Gasteiger partial charge is 0.119 e. The van der Waals surface area contributed by atoms with E-state index in [1.807, 2.05) is 0 Å². The summed E-state index contributed by atoms with van der Waals surface area (Å²) < 4.78 is 5.52. The normalized spacial score (nSPS) is 10.8. The molecule has 82 valence electrons. The van der Waals surface area contributed by atoms with E-state index in [1.54, 1.807) is 0 Å². The van der Waals surface area contributed by atoms with Gasteiger partial charge in [0.05, 0.1) is 6.61 Å². The Bertz CT molecular complexity index is 285. The van der Waals surface area contributed by atoms with Crippen LogP contribution in [0.25, 0.3) is 0 Å². The molecule has 1 heteroatoms. The Labute approximate surface area is 92.8 Å². The molecule has 1 aromatic carbocycles. The second-order valence-electron chi connectivity index (χ2n) is 3.60. The van der Waals surface area contributed by atoms with Crippen molar-refractivity contribution in [2.45, 2.75) is 33.1 Å². The standard InChI is InChI=1S/C14H20O/c1-3-5-6-7-13-8-10-14(11-9-13)15-12-4-2/h3,5,8-11H,4,6-7,12H2,1-2H3/b5-3-. The van der Waals surface area contributed by atoms with Crippen LogP contribution < -0.4 is 4.74 Å². The van der Waals surface area contributed by atoms with Crippen LogP contribution in [0.2, 0.25) is 0 Å². The molecule has 1 rings (SSSR count). The Morgan fingerprint density at radius 2 is 1.93 bits per heavy atom. The molecule has 0 atom stereocenters. The average molecular weight is 204 g/mol. The van der Waals surface area contributed by atoms with Gasteiger partial charge < -0.3 is 4.74 Å². The van der Waals surface area contributed by atoms with E-state index < -0.39 is 0 Å². The van der Waals surface area contributed by atoms with E-state index in [9.17, 15) is 0 Å². The second kappa shape index (κ2) is 7.10. The minimum Gasteiger partial charge on any atom is -0.494 e. The number of benzene rings is 1. The van der Waals surface area contributed by atoms with Gasteiger partial charge in [0, 0.05) is 0 Å². The largest absolute Gasteiger partial charge is 0.494 e. The summed E-state index contributed by atoms with van der Waals surface area (Å²) in [4.78, 5) is 0. The van der Waals surface area contributed by atoms with Crippen LogP contribution in [-0.2, 0) is 6.42 Å². The van der Waals surface area contributed by atoms with Crippen molar-refractivity contribution >= 4 is 0 Å². The van der Waals surface area contributed by atoms with Gasteiger partial charge in [-0.3, -0.25) is 0 Å². The zero-order valence-corrected chi connectivity index (χ0v) is 9.70. The number of allylic oxidation sites excluding steroid dienone is 2. The minimum absolute atomic E-state index is 0.803. The first-order chi connectivity index (χ1) is 7.36. The van der Waals surface area contributed by atoms with E-state index in [0.29, 0.717) is 0 Å². The molecule has 15 heavy (non-hydrogen) atoms. The minimum atomic E-state index is 0.803. The number of hydrogen-bond acceptors (Lipinski definition) is 1. The number of aryl methyl sites for hydroxylation is 1. The molecule has 0 bridgehead atoms. The molecular weight excluding hydrogens is 184 g/mol. The first kappa shape index (κ1) is 11.8. The summed E-state index contributed by atoms with van der Waals surface area (Å²) in [5.41, 5.74) is 1.37. The lowest BCUT2D eigenvalue weighted by atomic mass is 10.1. The topological polar surface area (TPSA) is 9.23 Å². The molecule has 0 heterocycles. The third-order valence-electron chi connectivity index (χ3n) is 2.23. The van der Waals surface area contributed by atoms with Gasteiger partial charge in [0.2, 0.25) is 0 Å². The van der Waals surface area contributed by atoms with Crippen LogP contribution >= 0.6 is 0 Å². The lowest BCUT2D eigenvalue weighted by molar-refractivity contribution is 0.317. The zero-order valence-electron chi connectivity index (χ0n) is 9.70. The summed E-state index contributed by atoms with van der Waals surface area (Å²) in [6, 6.07) is 8.41. The van der Waals surface area contributed by atoms with E-state index >= 15 is 0 Å². The van der Waals surface area contributed by atoms with Crippen LogP contribution in [0.1, 0.15) is 32.3 Å². The Morgan fingerprint density at radius 3 is 2.53 bits per heavy atom. The maximum absolute atomic E-state index is 5.52. The molecule has 0 spiro atoms. The predicted molar refractivity (Wildman–Crippen MR) is 65.4 cm³/mol. The van der Waals surface area contributed by atoms with Gasteiger partial charge in [-0.25, -0.2) is 0 Å². The summed E-state index contributed by atoms with van der Waals surface area (Å²) in [5.74, 6) is 0.978. The maximum Gasteiger partial charge on any atom is 0.119 e. The first-order valence-electron chi connectivity index (χ1n) is 5.69. The van der Waals surface area contributed by atoms with Crippen LogP contribution in [0.5, 0.6) is 5.75 Å². The highest BCUT2D eigenvalue weighted by molar-refractivity contribution is 5.27. The van der Waals surface area contributed by atoms with Crippen molar-refractivity contribution in [3.05, 3.63) is 42.0 Å². The maximum atomic E-state index is 5.52. The highest BCUT2D eigenvalue weighted by Gasteiger charge is 1.94. The fourth-order valence-corrected chi connectivity index (χ4v) is 1.39. The van der Waals surface area contributed by atoms with Crippen LogP contribution in [0.4, 0.5) is 0 Å². The SMILES string of the molecule is C/C=C\CCc1ccc(OCCC)cc1. The van der Waals surface area contributed by atoms with E-state index in [2.05, 4.69) is 50.3 Å². The first-order valence-corrected chi connectivity index (χ1v) is 5.69. The summed E-state index contributed by atoms with van der Waals surface area (Å²) in [6.45, 7) is 4.98. The monoisotopic (exact) mass is 204 g/mol. The summed E-state index contributed by atoms with van der Waals surface area (Å²) in [7, 11) is 0. The summed E-state index contributed by atoms with van der Waals surface area (Å²) in [6.07, 6.45) is 7.58. The predicted octanol–water partition coefficient (Wildman–Crippen LogP) is 3.98. The van der Waals surface area contributed by atoms with Crippen LogP contribution in [-0.4, -0.2) is 6.61 Å². The zero-order chi connectivity index (χ0) is 10.9. The second-order valence-corrected chi connectivity index (χ2v) is 3.60. The lowest BCUT2D eigenvalue weighted by Gasteiger charge is -2.05. The fourth-order valence-electron chi connectivity index (χ4n) is 1.39. The molecule has 0 aliphatic carbocycles. The molecule has 1 nitrogen and oxygen atoms in total. The third-order valence-corrected chi connectivity index (χ3v) is 2.23. The van der Waals surface area contributed by atoms with Gasteiger partial charge in [-0.2, -0.15) is 0 Å². The van der Waals surface area contributed by atoms with Gasteiger partial charge in [0.15, 0.2) is 0 Å². The highest BCUT2D eigenvalue weighted by Crippen LogP contribution is 2.13. The Kier molecular flexibility index (Phi) is 5.60. The molecule has 0 fully saturated rings. The van der Waals surface area contributed by atoms with E-state index in [-0.39, 0.29) is 0 Å². The van der Waals surface area contributed by atoms with Crippen molar-refractivity contribution < 1.29 is 4.74 Å². The van der Waals surface area contributed by atoms with Crippen molar-refractivity contribution in [3.63, 3.8) is 0 Å². The van der Waals surface area contributed by atoms with Crippen LogP contribution in [0, 0.1) is 0 Å². The van der Waals surface area contributed by atoms with Crippen molar-refractivity contribution in [2.24, 2.45) is 0 Å². The Hall–Kier alpha value is -1.24. The number of hydrogen-bond donors (Lipinski definition) is 0. The molecule has 0 aliphatic rings. The molecule has 0 saturated carbocycles. The van der Waals surface area contributed by atoms with Crippen molar-refractivity contribution in [1.29, 1.82) is 0 Å². The molecular formula is C14H20O. The Balaban J connectivity index is 2.41. The quantitative estimate of drug-likeness (QED) is 0.637. The van der Waals surface area contributed by atoms with Gasteiger partial charge >= 0.3 is 0 Å². The molecule has 0 amide bonds. The van der Waals surface area contributed by atoms with Crippen LogP contribution in [0.15, 0.2) is 36.4 Å². The van der Waals surface area contributed by atoms with Crippen LogP contribution in [0.3, 0.4) is 0 Å². The van der Waals surface area contributed by atoms with Gasteiger partial charge in [-0.15, -0.1) is 0 Å². The third kappa shape index (κ3) is 4.68. The van der Waals surface area contributed by atoms with Gasteiger partial charge in [0.1, 0.15) is 5.75 Å². The summed E-state index contributed by atoms with van der Waals surface area (Å²) >= 11 is 0. The molecule has 0 unspecified atom stereocenters. The van der Waals surface area contributed by atoms with Crippen molar-refractivity contribution in [2.75, 3.05) is 6.61 Å². The average Bonchev–Trinajstić information content (AvgIpc) is 2.28. The molecule has 0 N–H and O–H groups in total. The molecule has 0 radical (unpaired) electrons. The number of rotatable bonds is 6. The lowest BCUT2D eigenvalue weighted by Crippen LogP contribution is -1.94. The van der Waals surface area contributed by atoms with Crippen molar-refractivity contribution in [1.82, 2.24) is 0 Å². The van der Waals surface area contributed by atoms with Gasteiger partial charge in [-0.1, -0.05) is 31.2 Å². The van der Waals surface area contributed by atoms with E-state index in [4.69, 9.17) is 4.74 Å². The van der Waals surface area contributed by atoms with E-state index in [0.717, 1.165) is 31.6 Å². The molecule has 0 aromatic heterocycles. The Morgan fingerprint density at radius 1 is 1.20 bits per heavy atom. The molecule has 0 saturated heterocycles. The number of ether oxygens (including phenoxy) is 1. The fraction of sp³-hybridized carbons (Fsp3) is 0.429. The molecule has 1 aromatic rings. The highest BCUT2D eigenvalue weighted by atomic mass is 16.5. The van der Waals surface area contributed by atoms with Gasteiger partial charge in [0.25, 0.3) is 0 Å². The molecule has 0 aliphatic heterocycles. The van der Waals surface area contributed by atoms with E-state index in [1.165, 1.54) is 5.56 Å².